The number of benzene rings is 1. The van der Waals surface area contributed by atoms with Crippen LogP contribution in [0.5, 0.6) is 0 Å². The van der Waals surface area contributed by atoms with Gasteiger partial charge in [-0.2, -0.15) is 0 Å². The van der Waals surface area contributed by atoms with Crippen molar-refractivity contribution in [2.24, 2.45) is 5.92 Å². The van der Waals surface area contributed by atoms with E-state index < -0.39 is 11.6 Å². The topological polar surface area (TPSA) is 85.0 Å². The largest absolute Gasteiger partial charge is 0.369 e. The molecule has 3 aliphatic rings. The summed E-state index contributed by atoms with van der Waals surface area (Å²) in [6.07, 6.45) is 4.29. The van der Waals surface area contributed by atoms with Crippen LogP contribution in [-0.4, -0.2) is 73.0 Å². The standard InChI is InChI=1S/C24H35N5O3/c1-3-18-8-10-24(11-9-18)22(31)29(23(32)26-24)17-21(30)25-16-19-6-4-5-7-20(19)28-14-12-27(2)13-15-28/h4-7,18H,3,8-17H2,1-2H3,(H,25,30)(H,26,32). The quantitative estimate of drug-likeness (QED) is 0.659. The maximum Gasteiger partial charge on any atom is 0.325 e. The highest BCUT2D eigenvalue weighted by Crippen LogP contribution is 2.37. The number of hydrogen-bond acceptors (Lipinski definition) is 5. The lowest BCUT2D eigenvalue weighted by Gasteiger charge is -2.35. The fourth-order valence-electron chi connectivity index (χ4n) is 5.15. The number of urea groups is 1. The Balaban J connectivity index is 1.34. The van der Waals surface area contributed by atoms with Crippen molar-refractivity contribution < 1.29 is 14.4 Å². The molecule has 0 bridgehead atoms. The summed E-state index contributed by atoms with van der Waals surface area (Å²) in [5.74, 6) is 0.0501. The fraction of sp³-hybridized carbons (Fsp3) is 0.625. The molecular formula is C24H35N5O3. The first-order valence-electron chi connectivity index (χ1n) is 11.8. The van der Waals surface area contributed by atoms with Gasteiger partial charge in [-0.3, -0.25) is 14.5 Å². The Morgan fingerprint density at radius 3 is 2.50 bits per heavy atom. The molecule has 174 valence electrons. The molecule has 2 N–H and O–H groups in total. The Hall–Kier alpha value is -2.61. The molecule has 1 spiro atoms. The van der Waals surface area contributed by atoms with E-state index in [1.54, 1.807) is 0 Å². The highest BCUT2D eigenvalue weighted by molar-refractivity contribution is 6.09. The number of piperazine rings is 1. The third-order valence-corrected chi connectivity index (χ3v) is 7.40. The first-order valence-corrected chi connectivity index (χ1v) is 11.8. The molecule has 2 aliphatic heterocycles. The summed E-state index contributed by atoms with van der Waals surface area (Å²) >= 11 is 0. The van der Waals surface area contributed by atoms with Gasteiger partial charge in [-0.25, -0.2) is 4.79 Å². The van der Waals surface area contributed by atoms with Crippen LogP contribution in [0.4, 0.5) is 10.5 Å². The van der Waals surface area contributed by atoms with E-state index >= 15 is 0 Å². The van der Waals surface area contributed by atoms with Gasteiger partial charge in [0.2, 0.25) is 5.91 Å². The van der Waals surface area contributed by atoms with Crippen LogP contribution in [0, 0.1) is 5.92 Å². The van der Waals surface area contributed by atoms with Gasteiger partial charge in [-0.15, -0.1) is 0 Å². The molecule has 3 fully saturated rings. The van der Waals surface area contributed by atoms with Crippen LogP contribution in [0.25, 0.3) is 0 Å². The highest BCUT2D eigenvalue weighted by atomic mass is 16.2. The summed E-state index contributed by atoms with van der Waals surface area (Å²) in [7, 11) is 2.12. The van der Waals surface area contributed by atoms with Crippen molar-refractivity contribution in [2.75, 3.05) is 44.7 Å². The Labute approximate surface area is 190 Å². The Morgan fingerprint density at radius 2 is 1.81 bits per heavy atom. The lowest BCUT2D eigenvalue weighted by atomic mass is 9.75. The van der Waals surface area contributed by atoms with E-state index in [2.05, 4.69) is 40.5 Å². The maximum absolute atomic E-state index is 13.0. The zero-order valence-electron chi connectivity index (χ0n) is 19.2. The molecule has 0 aromatic heterocycles. The second-order valence-electron chi connectivity index (χ2n) is 9.45. The number of carbonyl (C=O) groups excluding carboxylic acids is 3. The Kier molecular flexibility index (Phi) is 6.69. The van der Waals surface area contributed by atoms with Crippen molar-refractivity contribution in [3.63, 3.8) is 0 Å². The summed E-state index contributed by atoms with van der Waals surface area (Å²) in [6.45, 7) is 6.21. The number of para-hydroxylation sites is 1. The van der Waals surface area contributed by atoms with Gasteiger partial charge < -0.3 is 20.4 Å². The van der Waals surface area contributed by atoms with Gasteiger partial charge in [0.25, 0.3) is 5.91 Å². The van der Waals surface area contributed by atoms with Crippen LogP contribution in [-0.2, 0) is 16.1 Å². The number of nitrogens with one attached hydrogen (secondary N) is 2. The monoisotopic (exact) mass is 441 g/mol. The van der Waals surface area contributed by atoms with Crippen molar-refractivity contribution in [1.29, 1.82) is 0 Å². The number of hydrogen-bond donors (Lipinski definition) is 2. The number of amides is 4. The smallest absolute Gasteiger partial charge is 0.325 e. The third kappa shape index (κ3) is 4.60. The number of rotatable bonds is 6. The molecule has 0 atom stereocenters. The molecule has 8 nitrogen and oxygen atoms in total. The van der Waals surface area contributed by atoms with Crippen molar-refractivity contribution in [3.8, 4) is 0 Å². The number of anilines is 1. The molecule has 2 heterocycles. The minimum absolute atomic E-state index is 0.236. The summed E-state index contributed by atoms with van der Waals surface area (Å²) in [5.41, 5.74) is 1.36. The van der Waals surface area contributed by atoms with Crippen molar-refractivity contribution in [3.05, 3.63) is 29.8 Å². The predicted molar refractivity (Wildman–Crippen MR) is 123 cm³/mol. The van der Waals surface area contributed by atoms with Crippen LogP contribution in [0.2, 0.25) is 0 Å². The van der Waals surface area contributed by atoms with Gasteiger partial charge in [0.15, 0.2) is 0 Å². The SMILES string of the molecule is CCC1CCC2(CC1)NC(=O)N(CC(=O)NCc1ccccc1N1CCN(C)CC1)C2=O. The van der Waals surface area contributed by atoms with Crippen LogP contribution < -0.4 is 15.5 Å². The summed E-state index contributed by atoms with van der Waals surface area (Å²) in [4.78, 5) is 43.9. The summed E-state index contributed by atoms with van der Waals surface area (Å²) in [5, 5.41) is 5.81. The number of nitrogens with zero attached hydrogens (tertiary/aromatic N) is 3. The number of likely N-dealkylation sites (N-methyl/N-ethyl adjacent to an activating group) is 1. The van der Waals surface area contributed by atoms with Gasteiger partial charge >= 0.3 is 6.03 Å². The molecule has 1 aromatic rings. The zero-order chi connectivity index (χ0) is 22.7. The van der Waals surface area contributed by atoms with E-state index in [4.69, 9.17) is 0 Å². The van der Waals surface area contributed by atoms with Crippen molar-refractivity contribution in [1.82, 2.24) is 20.4 Å². The predicted octanol–water partition coefficient (Wildman–Crippen LogP) is 1.95. The lowest BCUT2D eigenvalue weighted by Crippen LogP contribution is -2.50. The van der Waals surface area contributed by atoms with Crippen molar-refractivity contribution in [2.45, 2.75) is 51.1 Å². The third-order valence-electron chi connectivity index (χ3n) is 7.40. The van der Waals surface area contributed by atoms with E-state index in [1.165, 1.54) is 0 Å². The van der Waals surface area contributed by atoms with Gasteiger partial charge in [-0.1, -0.05) is 31.5 Å². The number of imide groups is 1. The summed E-state index contributed by atoms with van der Waals surface area (Å²) < 4.78 is 0. The molecule has 1 saturated carbocycles. The lowest BCUT2D eigenvalue weighted by molar-refractivity contribution is -0.136. The molecule has 4 rings (SSSR count). The van der Waals surface area contributed by atoms with Crippen LogP contribution in [0.15, 0.2) is 24.3 Å². The Bertz CT molecular complexity index is 857. The maximum atomic E-state index is 13.0. The van der Waals surface area contributed by atoms with Crippen LogP contribution in [0.3, 0.4) is 0 Å². The van der Waals surface area contributed by atoms with Gasteiger partial charge in [0.05, 0.1) is 0 Å². The first-order chi connectivity index (χ1) is 15.4. The molecule has 0 radical (unpaired) electrons. The average Bonchev–Trinajstić information content (AvgIpc) is 3.03. The minimum Gasteiger partial charge on any atom is -0.369 e. The van der Waals surface area contributed by atoms with E-state index in [0.717, 1.165) is 61.6 Å². The molecule has 2 saturated heterocycles. The molecule has 0 unspecified atom stereocenters. The average molecular weight is 442 g/mol. The minimum atomic E-state index is -0.808. The van der Waals surface area contributed by atoms with Gasteiger partial charge in [0, 0.05) is 38.4 Å². The molecule has 32 heavy (non-hydrogen) atoms. The van der Waals surface area contributed by atoms with Crippen LogP contribution in [0.1, 0.15) is 44.6 Å². The van der Waals surface area contributed by atoms with Crippen LogP contribution >= 0.6 is 0 Å². The molecule has 8 heteroatoms. The normalized spacial score (nSPS) is 26.5. The zero-order valence-corrected chi connectivity index (χ0v) is 19.2. The first kappa shape index (κ1) is 22.6. The molecule has 1 aliphatic carbocycles. The van der Waals surface area contributed by atoms with E-state index in [0.29, 0.717) is 25.3 Å². The van der Waals surface area contributed by atoms with E-state index in [-0.39, 0.29) is 18.4 Å². The van der Waals surface area contributed by atoms with E-state index in [9.17, 15) is 14.4 Å². The highest BCUT2D eigenvalue weighted by Gasteiger charge is 2.52. The molecular weight excluding hydrogens is 406 g/mol. The van der Waals surface area contributed by atoms with E-state index in [1.807, 2.05) is 18.2 Å². The fourth-order valence-corrected chi connectivity index (χ4v) is 5.15. The van der Waals surface area contributed by atoms with Gasteiger partial charge in [-0.05, 0) is 50.3 Å². The van der Waals surface area contributed by atoms with Crippen molar-refractivity contribution >= 4 is 23.5 Å². The van der Waals surface area contributed by atoms with Gasteiger partial charge in [0.1, 0.15) is 12.1 Å². The second-order valence-corrected chi connectivity index (χ2v) is 9.45. The molecule has 4 amide bonds. The number of carbonyl (C=O) groups is 3. The Morgan fingerprint density at radius 1 is 1.12 bits per heavy atom. The molecule has 1 aromatic carbocycles. The second kappa shape index (κ2) is 9.48. The summed E-state index contributed by atoms with van der Waals surface area (Å²) in [6, 6.07) is 7.63.